The van der Waals surface area contributed by atoms with Crippen LogP contribution in [0.4, 0.5) is 5.69 Å². The molecule has 0 saturated heterocycles. The fourth-order valence-corrected chi connectivity index (χ4v) is 2.64. The van der Waals surface area contributed by atoms with Crippen LogP contribution < -0.4 is 5.73 Å². The van der Waals surface area contributed by atoms with Crippen molar-refractivity contribution in [2.24, 2.45) is 15.7 Å². The van der Waals surface area contributed by atoms with Gasteiger partial charge < -0.3 is 5.73 Å². The Morgan fingerprint density at radius 2 is 1.95 bits per heavy atom. The molecule has 0 aliphatic carbocycles. The van der Waals surface area contributed by atoms with Crippen LogP contribution in [0, 0.1) is 0 Å². The smallest absolute Gasteiger partial charge is 0.146 e. The summed E-state index contributed by atoms with van der Waals surface area (Å²) in [6.07, 6.45) is 0. The number of aryl methyl sites for hydroxylation is 1. The normalized spacial score (nSPS) is 14.4. The van der Waals surface area contributed by atoms with Crippen molar-refractivity contribution in [1.82, 2.24) is 9.78 Å². The summed E-state index contributed by atoms with van der Waals surface area (Å²) in [5.41, 5.74) is 10.9. The zero-order valence-corrected chi connectivity index (χ0v) is 13.2. The van der Waals surface area contributed by atoms with E-state index in [0.29, 0.717) is 12.4 Å². The third kappa shape index (κ3) is 2.43. The second-order valence-electron chi connectivity index (χ2n) is 5.68. The van der Waals surface area contributed by atoms with Crippen LogP contribution >= 0.6 is 0 Å². The Kier molecular flexibility index (Phi) is 3.79. The van der Waals surface area contributed by atoms with E-state index in [1.807, 2.05) is 22.9 Å². The van der Waals surface area contributed by atoms with E-state index in [9.17, 15) is 0 Å². The number of aliphatic imine (C=N–C) groups is 2. The van der Waals surface area contributed by atoms with Gasteiger partial charge in [-0.25, -0.2) is 4.99 Å². The molecule has 2 aromatic rings. The molecule has 5 nitrogen and oxygen atoms in total. The number of nitrogens with two attached hydrogens (primary N) is 1. The summed E-state index contributed by atoms with van der Waals surface area (Å²) >= 11 is 0. The monoisotopic (exact) mass is 295 g/mol. The summed E-state index contributed by atoms with van der Waals surface area (Å²) in [5, 5.41) is 4.68. The molecule has 2 heterocycles. The summed E-state index contributed by atoms with van der Waals surface area (Å²) < 4.78 is 1.90. The highest BCUT2D eigenvalue weighted by Crippen LogP contribution is 2.32. The van der Waals surface area contributed by atoms with Crippen LogP contribution in [0.1, 0.15) is 43.6 Å². The summed E-state index contributed by atoms with van der Waals surface area (Å²) in [4.78, 5) is 9.40. The van der Waals surface area contributed by atoms with Crippen LogP contribution in [0.25, 0.3) is 0 Å². The largest absolute Gasteiger partial charge is 0.382 e. The molecule has 0 atom stereocenters. The summed E-state index contributed by atoms with van der Waals surface area (Å²) in [6, 6.07) is 10.1. The molecular formula is C17H21N5. The third-order valence-corrected chi connectivity index (χ3v) is 3.80. The molecule has 0 saturated carbocycles. The van der Waals surface area contributed by atoms with Crippen molar-refractivity contribution in [3.8, 4) is 0 Å². The number of fused-ring (bicyclic) bond motifs is 1. The maximum absolute atomic E-state index is 6.19. The van der Waals surface area contributed by atoms with Gasteiger partial charge in [0.05, 0.1) is 18.0 Å². The highest BCUT2D eigenvalue weighted by Gasteiger charge is 2.24. The Morgan fingerprint density at radius 1 is 1.23 bits per heavy atom. The van der Waals surface area contributed by atoms with Gasteiger partial charge in [-0.05, 0) is 18.4 Å². The Labute approximate surface area is 130 Å². The Hall–Kier alpha value is -2.43. The first-order valence-corrected chi connectivity index (χ1v) is 7.65. The minimum absolute atomic E-state index is 0.285. The van der Waals surface area contributed by atoms with Gasteiger partial charge >= 0.3 is 0 Å². The molecule has 0 amide bonds. The first-order valence-electron chi connectivity index (χ1n) is 7.65. The van der Waals surface area contributed by atoms with E-state index in [1.165, 1.54) is 0 Å². The molecule has 1 aliphatic rings. The van der Waals surface area contributed by atoms with Gasteiger partial charge in [0.15, 0.2) is 0 Å². The van der Waals surface area contributed by atoms with Gasteiger partial charge in [-0.3, -0.25) is 9.67 Å². The predicted octanol–water partition coefficient (Wildman–Crippen LogP) is 2.87. The Balaban J connectivity index is 2.22. The van der Waals surface area contributed by atoms with Gasteiger partial charge in [-0.1, -0.05) is 44.2 Å². The van der Waals surface area contributed by atoms with E-state index in [1.54, 1.807) is 0 Å². The molecule has 2 N–H and O–H groups in total. The second kappa shape index (κ2) is 5.75. The van der Waals surface area contributed by atoms with Gasteiger partial charge in [0.1, 0.15) is 17.2 Å². The molecule has 0 fully saturated rings. The molecule has 0 radical (unpaired) electrons. The lowest BCUT2D eigenvalue weighted by molar-refractivity contribution is 0.630. The average molecular weight is 295 g/mol. The van der Waals surface area contributed by atoms with Crippen LogP contribution in [-0.4, -0.2) is 27.9 Å². The van der Waals surface area contributed by atoms with E-state index in [2.05, 4.69) is 43.0 Å². The minimum Gasteiger partial charge on any atom is -0.382 e. The number of aromatic nitrogens is 2. The SMILES string of the molecule is CCn1nc(C(C)C)c2c1C(N)=NCC(c1ccccc1)=N2. The number of nitrogens with zero attached hydrogens (tertiary/aromatic N) is 4. The highest BCUT2D eigenvalue weighted by atomic mass is 15.3. The van der Waals surface area contributed by atoms with Crippen molar-refractivity contribution in [1.29, 1.82) is 0 Å². The highest BCUT2D eigenvalue weighted by molar-refractivity contribution is 6.10. The summed E-state index contributed by atoms with van der Waals surface area (Å²) in [7, 11) is 0. The molecule has 22 heavy (non-hydrogen) atoms. The lowest BCUT2D eigenvalue weighted by Crippen LogP contribution is -2.19. The van der Waals surface area contributed by atoms with Gasteiger partial charge in [-0.15, -0.1) is 0 Å². The molecular weight excluding hydrogens is 274 g/mol. The van der Waals surface area contributed by atoms with Crippen LogP contribution in [0.3, 0.4) is 0 Å². The lowest BCUT2D eigenvalue weighted by atomic mass is 10.1. The molecule has 3 rings (SSSR count). The van der Waals surface area contributed by atoms with Crippen molar-refractivity contribution in [3.05, 3.63) is 47.3 Å². The molecule has 0 bridgehead atoms. The van der Waals surface area contributed by atoms with Crippen molar-refractivity contribution < 1.29 is 0 Å². The number of amidine groups is 1. The number of hydrogen-bond acceptors (Lipinski definition) is 4. The fourth-order valence-electron chi connectivity index (χ4n) is 2.64. The quantitative estimate of drug-likeness (QED) is 0.946. The topological polar surface area (TPSA) is 68.6 Å². The van der Waals surface area contributed by atoms with Crippen LogP contribution in [0.5, 0.6) is 0 Å². The van der Waals surface area contributed by atoms with E-state index < -0.39 is 0 Å². The molecule has 1 aromatic carbocycles. The van der Waals surface area contributed by atoms with Gasteiger partial charge in [-0.2, -0.15) is 5.10 Å². The van der Waals surface area contributed by atoms with E-state index >= 15 is 0 Å². The molecule has 1 aromatic heterocycles. The standard InChI is InChI=1S/C17H21N5/c1-4-22-16-15(14(21-22)11(2)3)20-13(10-19-17(16)18)12-8-6-5-7-9-12/h5-9,11H,4,10H2,1-3H3,(H2,18,19). The fraction of sp³-hybridized carbons (Fsp3) is 0.353. The van der Waals surface area contributed by atoms with Crippen LogP contribution in [-0.2, 0) is 6.54 Å². The molecule has 0 spiro atoms. The maximum atomic E-state index is 6.19. The molecule has 5 heteroatoms. The third-order valence-electron chi connectivity index (χ3n) is 3.80. The van der Waals surface area contributed by atoms with Gasteiger partial charge in [0.25, 0.3) is 0 Å². The Bertz CT molecular complexity index is 738. The zero-order valence-electron chi connectivity index (χ0n) is 13.2. The maximum Gasteiger partial charge on any atom is 0.146 e. The Morgan fingerprint density at radius 3 is 2.59 bits per heavy atom. The summed E-state index contributed by atoms with van der Waals surface area (Å²) in [5.74, 6) is 0.805. The van der Waals surface area contributed by atoms with Crippen molar-refractivity contribution in [2.45, 2.75) is 33.2 Å². The van der Waals surface area contributed by atoms with E-state index in [0.717, 1.165) is 34.9 Å². The lowest BCUT2D eigenvalue weighted by Gasteiger charge is -2.04. The second-order valence-corrected chi connectivity index (χ2v) is 5.68. The first-order chi connectivity index (χ1) is 10.6. The van der Waals surface area contributed by atoms with E-state index in [-0.39, 0.29) is 5.92 Å². The number of hydrogen-bond donors (Lipinski definition) is 1. The number of benzene rings is 1. The first kappa shape index (κ1) is 14.5. The van der Waals surface area contributed by atoms with Gasteiger partial charge in [0, 0.05) is 6.54 Å². The van der Waals surface area contributed by atoms with Crippen molar-refractivity contribution in [2.75, 3.05) is 6.54 Å². The van der Waals surface area contributed by atoms with Crippen LogP contribution in [0.2, 0.25) is 0 Å². The average Bonchev–Trinajstić information content (AvgIpc) is 2.81. The molecule has 114 valence electrons. The predicted molar refractivity (Wildman–Crippen MR) is 90.2 cm³/mol. The number of rotatable bonds is 3. The molecule has 0 unspecified atom stereocenters. The summed E-state index contributed by atoms with van der Waals surface area (Å²) in [6.45, 7) is 7.54. The van der Waals surface area contributed by atoms with Crippen molar-refractivity contribution in [3.63, 3.8) is 0 Å². The van der Waals surface area contributed by atoms with Gasteiger partial charge in [0.2, 0.25) is 0 Å². The van der Waals surface area contributed by atoms with Crippen molar-refractivity contribution >= 4 is 17.2 Å². The van der Waals surface area contributed by atoms with Crippen LogP contribution in [0.15, 0.2) is 40.3 Å². The molecule has 1 aliphatic heterocycles. The van der Waals surface area contributed by atoms with E-state index in [4.69, 9.17) is 10.7 Å². The zero-order chi connectivity index (χ0) is 15.7. The minimum atomic E-state index is 0.285.